The molecule has 1 aromatic heterocycles. The highest BCUT2D eigenvalue weighted by Crippen LogP contribution is 2.86. The first-order chi connectivity index (χ1) is 12.3. The first kappa shape index (κ1) is 15.2. The van der Waals surface area contributed by atoms with Crippen LogP contribution >= 0.6 is 0 Å². The molecule has 0 radical (unpaired) electrons. The number of fused-ring (bicyclic) bond motifs is 3. The predicted molar refractivity (Wildman–Crippen MR) is 101 cm³/mol. The van der Waals surface area contributed by atoms with Crippen LogP contribution in [0.25, 0.3) is 10.9 Å². The first-order valence-electron chi connectivity index (χ1n) is 9.88. The Morgan fingerprint density at radius 1 is 1.23 bits per heavy atom. The van der Waals surface area contributed by atoms with Crippen molar-refractivity contribution in [3.05, 3.63) is 47.7 Å². The van der Waals surface area contributed by atoms with E-state index in [1.807, 2.05) is 13.8 Å². The molecule has 1 aromatic carbocycles. The molecule has 5 atom stereocenters. The van der Waals surface area contributed by atoms with Gasteiger partial charge in [0.15, 0.2) is 5.78 Å². The number of H-pyrrole nitrogens is 1. The van der Waals surface area contributed by atoms with Gasteiger partial charge in [0.2, 0.25) is 0 Å². The number of aliphatic hydroxyl groups is 1. The van der Waals surface area contributed by atoms with Crippen LogP contribution in [0.2, 0.25) is 0 Å². The minimum absolute atomic E-state index is 0.0528. The van der Waals surface area contributed by atoms with Gasteiger partial charge in [-0.3, -0.25) is 4.79 Å². The summed E-state index contributed by atoms with van der Waals surface area (Å²) in [5, 5.41) is 13.3. The lowest BCUT2D eigenvalue weighted by Gasteiger charge is -2.54. The van der Waals surface area contributed by atoms with Gasteiger partial charge in [-0.05, 0) is 62.7 Å². The molecule has 26 heavy (non-hydrogen) atoms. The third kappa shape index (κ3) is 1.16. The molecule has 3 heteroatoms. The van der Waals surface area contributed by atoms with Gasteiger partial charge in [0.25, 0.3) is 0 Å². The highest BCUT2D eigenvalue weighted by atomic mass is 16.3. The summed E-state index contributed by atoms with van der Waals surface area (Å²) in [7, 11) is 0. The molecule has 5 unspecified atom stereocenters. The van der Waals surface area contributed by atoms with Gasteiger partial charge >= 0.3 is 0 Å². The highest BCUT2D eigenvalue weighted by molar-refractivity contribution is 5.98. The van der Waals surface area contributed by atoms with E-state index in [0.717, 1.165) is 19.3 Å². The molecule has 0 amide bonds. The fourth-order valence-corrected chi connectivity index (χ4v) is 7.70. The second-order valence-corrected chi connectivity index (χ2v) is 9.61. The van der Waals surface area contributed by atoms with Gasteiger partial charge in [-0.25, -0.2) is 0 Å². The number of allylic oxidation sites excluding steroid dienone is 1. The lowest BCUT2D eigenvalue weighted by atomic mass is 9.52. The van der Waals surface area contributed by atoms with E-state index < -0.39 is 11.0 Å². The number of para-hydroxylation sites is 1. The Hall–Kier alpha value is -1.87. The van der Waals surface area contributed by atoms with Crippen LogP contribution in [0.5, 0.6) is 0 Å². The topological polar surface area (TPSA) is 53.1 Å². The molecule has 4 aliphatic carbocycles. The zero-order valence-electron chi connectivity index (χ0n) is 15.6. The molecule has 2 N–H and O–H groups in total. The van der Waals surface area contributed by atoms with E-state index in [0.29, 0.717) is 11.8 Å². The van der Waals surface area contributed by atoms with Crippen molar-refractivity contribution in [2.45, 2.75) is 51.0 Å². The van der Waals surface area contributed by atoms with Gasteiger partial charge in [0.1, 0.15) is 0 Å². The van der Waals surface area contributed by atoms with Crippen molar-refractivity contribution >= 4 is 16.7 Å². The molecule has 134 valence electrons. The molecule has 2 spiro atoms. The van der Waals surface area contributed by atoms with Gasteiger partial charge in [0.05, 0.1) is 11.0 Å². The molecule has 0 aliphatic heterocycles. The Morgan fingerprint density at radius 3 is 2.81 bits per heavy atom. The summed E-state index contributed by atoms with van der Waals surface area (Å²) in [5.74, 6) is 0.955. The average molecular weight is 347 g/mol. The number of rotatable bonds is 0. The van der Waals surface area contributed by atoms with Gasteiger partial charge in [0, 0.05) is 27.4 Å². The third-order valence-electron chi connectivity index (χ3n) is 8.98. The van der Waals surface area contributed by atoms with Crippen molar-refractivity contribution in [3.8, 4) is 0 Å². The Balaban J connectivity index is 1.67. The number of hydrogen-bond donors (Lipinski definition) is 2. The number of nitrogens with one attached hydrogen (secondary N) is 1. The maximum atomic E-state index is 12.7. The summed E-state index contributed by atoms with van der Waals surface area (Å²) in [6.45, 7) is 6.18. The zero-order chi connectivity index (χ0) is 18.1. The van der Waals surface area contributed by atoms with E-state index in [1.165, 1.54) is 22.2 Å². The van der Waals surface area contributed by atoms with Gasteiger partial charge in [-0.2, -0.15) is 0 Å². The van der Waals surface area contributed by atoms with E-state index in [2.05, 4.69) is 42.2 Å². The minimum Gasteiger partial charge on any atom is -0.388 e. The maximum absolute atomic E-state index is 12.7. The summed E-state index contributed by atoms with van der Waals surface area (Å²) in [5.41, 5.74) is 1.89. The molecule has 0 saturated heterocycles. The molecule has 2 fully saturated rings. The highest BCUT2D eigenvalue weighted by Gasteiger charge is 2.89. The Kier molecular flexibility index (Phi) is 2.35. The monoisotopic (exact) mass is 347 g/mol. The number of hydrogen-bond acceptors (Lipinski definition) is 2. The normalized spacial score (nSPS) is 44.4. The maximum Gasteiger partial charge on any atom is 0.163 e. The summed E-state index contributed by atoms with van der Waals surface area (Å²) in [6.07, 6.45) is 6.66. The summed E-state index contributed by atoms with van der Waals surface area (Å²) in [4.78, 5) is 16.4. The van der Waals surface area contributed by atoms with Crippen LogP contribution in [0, 0.1) is 22.7 Å². The molecular formula is C23H25NO2. The first-order valence-corrected chi connectivity index (χ1v) is 9.88. The fourth-order valence-electron chi connectivity index (χ4n) is 7.70. The van der Waals surface area contributed by atoms with Gasteiger partial charge in [-0.15, -0.1) is 0 Å². The predicted octanol–water partition coefficient (Wildman–Crippen LogP) is 3.90. The Morgan fingerprint density at radius 2 is 2.00 bits per heavy atom. The molecule has 4 aliphatic rings. The number of carbonyl (C=O) groups is 1. The van der Waals surface area contributed by atoms with Gasteiger partial charge in [-0.1, -0.05) is 31.2 Å². The van der Waals surface area contributed by atoms with E-state index >= 15 is 0 Å². The van der Waals surface area contributed by atoms with Crippen LogP contribution < -0.4 is 0 Å². The molecule has 0 bridgehead atoms. The second-order valence-electron chi connectivity index (χ2n) is 9.61. The molecule has 2 saturated carbocycles. The fraction of sp³-hybridized carbons (Fsp3) is 0.522. The molecule has 1 heterocycles. The van der Waals surface area contributed by atoms with Crippen molar-refractivity contribution in [3.63, 3.8) is 0 Å². The summed E-state index contributed by atoms with van der Waals surface area (Å²) >= 11 is 0. The average Bonchev–Trinajstić information content (AvgIpc) is 2.90. The van der Waals surface area contributed by atoms with Crippen molar-refractivity contribution in [1.29, 1.82) is 0 Å². The lowest BCUT2D eigenvalue weighted by molar-refractivity contribution is -0.166. The zero-order valence-corrected chi connectivity index (χ0v) is 15.6. The van der Waals surface area contributed by atoms with E-state index in [9.17, 15) is 9.90 Å². The van der Waals surface area contributed by atoms with Crippen LogP contribution in [0.3, 0.4) is 0 Å². The SMILES string of the molecule is CC1C23c4[nH]c5ccccc5c4CC2CCC2(O)C(C)(C)C(=O)C=CC132. The van der Waals surface area contributed by atoms with E-state index in [-0.39, 0.29) is 16.6 Å². The van der Waals surface area contributed by atoms with Gasteiger partial charge < -0.3 is 10.1 Å². The molecule has 3 nitrogen and oxygen atoms in total. The van der Waals surface area contributed by atoms with Crippen molar-refractivity contribution < 1.29 is 9.90 Å². The van der Waals surface area contributed by atoms with E-state index in [4.69, 9.17) is 0 Å². The van der Waals surface area contributed by atoms with E-state index in [1.54, 1.807) is 6.08 Å². The summed E-state index contributed by atoms with van der Waals surface area (Å²) in [6, 6.07) is 8.56. The van der Waals surface area contributed by atoms with Crippen LogP contribution in [-0.2, 0) is 16.6 Å². The lowest BCUT2D eigenvalue weighted by Crippen LogP contribution is -2.61. The largest absolute Gasteiger partial charge is 0.388 e. The van der Waals surface area contributed by atoms with Crippen molar-refractivity contribution in [2.75, 3.05) is 0 Å². The number of carbonyl (C=O) groups excluding carboxylic acids is 1. The van der Waals surface area contributed by atoms with Crippen molar-refractivity contribution in [2.24, 2.45) is 22.7 Å². The standard InChI is InChI=1S/C23H25NO2/c1-13-21-10-9-18(25)20(2,3)22(21,26)11-8-14-12-16-15-6-4-5-7-17(15)24-19(16)23(13,14)21/h4-7,9-10,13-14,24,26H,8,11-12H2,1-3H3. The Bertz CT molecular complexity index is 1030. The molecule has 2 aromatic rings. The quantitative estimate of drug-likeness (QED) is 0.759. The Labute approximate surface area is 153 Å². The second kappa shape index (κ2) is 4.01. The molecule has 6 rings (SSSR count). The summed E-state index contributed by atoms with van der Waals surface area (Å²) < 4.78 is 0. The van der Waals surface area contributed by atoms with Crippen LogP contribution in [0.4, 0.5) is 0 Å². The minimum atomic E-state index is -0.972. The number of ketones is 1. The molecular weight excluding hydrogens is 322 g/mol. The number of aromatic amines is 1. The number of aromatic nitrogens is 1. The number of benzene rings is 1. The third-order valence-corrected chi connectivity index (χ3v) is 8.98. The van der Waals surface area contributed by atoms with Crippen molar-refractivity contribution in [1.82, 2.24) is 4.98 Å². The van der Waals surface area contributed by atoms with Crippen LogP contribution in [-0.4, -0.2) is 21.5 Å². The smallest absolute Gasteiger partial charge is 0.163 e. The van der Waals surface area contributed by atoms with Crippen LogP contribution in [0.15, 0.2) is 36.4 Å². The van der Waals surface area contributed by atoms with Crippen LogP contribution in [0.1, 0.15) is 44.9 Å².